The van der Waals surface area contributed by atoms with Crippen LogP contribution in [0.5, 0.6) is 0 Å². The summed E-state index contributed by atoms with van der Waals surface area (Å²) in [6.07, 6.45) is 4.67. The summed E-state index contributed by atoms with van der Waals surface area (Å²) in [7, 11) is 0. The lowest BCUT2D eigenvalue weighted by atomic mass is 9.93. The molecule has 0 bridgehead atoms. The van der Waals surface area contributed by atoms with Crippen molar-refractivity contribution in [3.8, 4) is 0 Å². The molecule has 2 N–H and O–H groups in total. The third-order valence-corrected chi connectivity index (χ3v) is 3.23. The van der Waals surface area contributed by atoms with Crippen molar-refractivity contribution >= 4 is 6.03 Å². The van der Waals surface area contributed by atoms with Gasteiger partial charge in [-0.3, -0.25) is 0 Å². The average Bonchev–Trinajstić information content (AvgIpc) is 2.30. The second kappa shape index (κ2) is 7.33. The van der Waals surface area contributed by atoms with E-state index in [0.717, 1.165) is 32.5 Å². The van der Waals surface area contributed by atoms with Gasteiger partial charge in [0.2, 0.25) is 0 Å². The van der Waals surface area contributed by atoms with E-state index in [1.807, 2.05) is 13.0 Å². The lowest BCUT2D eigenvalue weighted by Gasteiger charge is -2.28. The number of rotatable bonds is 5. The van der Waals surface area contributed by atoms with Gasteiger partial charge < -0.3 is 15.4 Å². The zero-order valence-corrected chi connectivity index (χ0v) is 10.9. The number of amides is 2. The van der Waals surface area contributed by atoms with Crippen molar-refractivity contribution in [3.63, 3.8) is 0 Å². The zero-order valence-electron chi connectivity index (χ0n) is 10.9. The maximum atomic E-state index is 11.7. The van der Waals surface area contributed by atoms with E-state index in [4.69, 9.17) is 4.74 Å². The molecule has 1 rings (SSSR count). The molecule has 17 heavy (non-hydrogen) atoms. The summed E-state index contributed by atoms with van der Waals surface area (Å²) in [6, 6.07) is 0.252. The molecule has 0 aromatic carbocycles. The van der Waals surface area contributed by atoms with Gasteiger partial charge in [0.05, 0.1) is 0 Å². The number of hydrogen-bond donors (Lipinski definition) is 2. The minimum absolute atomic E-state index is 0.0849. The number of ether oxygens (including phenoxy) is 1. The summed E-state index contributed by atoms with van der Waals surface area (Å²) < 4.78 is 5.31. The highest BCUT2D eigenvalue weighted by Crippen LogP contribution is 2.18. The first-order valence-electron chi connectivity index (χ1n) is 6.39. The predicted octanol–water partition coefficient (Wildman–Crippen LogP) is 2.07. The Bertz CT molecular complexity index is 250. The fourth-order valence-electron chi connectivity index (χ4n) is 2.11. The highest BCUT2D eigenvalue weighted by molar-refractivity contribution is 5.74. The maximum Gasteiger partial charge on any atom is 0.315 e. The molecule has 1 aliphatic rings. The van der Waals surface area contributed by atoms with Gasteiger partial charge in [0.1, 0.15) is 0 Å². The Labute approximate surface area is 104 Å². The third-order valence-electron chi connectivity index (χ3n) is 3.23. The molecule has 98 valence electrons. The Morgan fingerprint density at radius 1 is 1.41 bits per heavy atom. The van der Waals surface area contributed by atoms with Crippen LogP contribution in [0.4, 0.5) is 4.79 Å². The monoisotopic (exact) mass is 240 g/mol. The SMILES string of the molecule is C=CC[C@@H](C)NC(=O)N[C@H](C)C1CCOCC1. The van der Waals surface area contributed by atoms with Crippen molar-refractivity contribution in [2.45, 2.75) is 45.2 Å². The molecule has 1 aliphatic heterocycles. The standard InChI is InChI=1S/C13H24N2O2/c1-4-5-10(2)14-13(16)15-11(3)12-6-8-17-9-7-12/h4,10-12H,1,5-9H2,2-3H3,(H2,14,15,16)/t10-,11-/m1/s1. The van der Waals surface area contributed by atoms with Crippen molar-refractivity contribution in [1.82, 2.24) is 10.6 Å². The molecule has 2 atom stereocenters. The van der Waals surface area contributed by atoms with E-state index in [1.54, 1.807) is 0 Å². The quantitative estimate of drug-likeness (QED) is 0.723. The fraction of sp³-hybridized carbons (Fsp3) is 0.769. The lowest BCUT2D eigenvalue weighted by Crippen LogP contribution is -2.47. The Hall–Kier alpha value is -1.03. The number of carbonyl (C=O) groups is 1. The summed E-state index contributed by atoms with van der Waals surface area (Å²) in [5, 5.41) is 5.90. The summed E-state index contributed by atoms with van der Waals surface area (Å²) in [4.78, 5) is 11.7. The van der Waals surface area contributed by atoms with Gasteiger partial charge in [0, 0.05) is 25.3 Å². The molecule has 1 saturated heterocycles. The molecule has 0 aromatic heterocycles. The first-order valence-corrected chi connectivity index (χ1v) is 6.39. The van der Waals surface area contributed by atoms with Crippen LogP contribution in [0.25, 0.3) is 0 Å². The molecule has 1 fully saturated rings. The second-order valence-electron chi connectivity index (χ2n) is 4.78. The highest BCUT2D eigenvalue weighted by atomic mass is 16.5. The largest absolute Gasteiger partial charge is 0.381 e. The van der Waals surface area contributed by atoms with Crippen LogP contribution >= 0.6 is 0 Å². The summed E-state index contributed by atoms with van der Waals surface area (Å²) >= 11 is 0. The molecule has 0 aromatic rings. The molecule has 0 unspecified atom stereocenters. The van der Waals surface area contributed by atoms with Gasteiger partial charge in [0.25, 0.3) is 0 Å². The molecular weight excluding hydrogens is 216 g/mol. The van der Waals surface area contributed by atoms with E-state index in [2.05, 4.69) is 24.1 Å². The van der Waals surface area contributed by atoms with E-state index in [1.165, 1.54) is 0 Å². The van der Waals surface area contributed by atoms with Crippen LogP contribution in [0.3, 0.4) is 0 Å². The van der Waals surface area contributed by atoms with Gasteiger partial charge in [-0.05, 0) is 39.0 Å². The molecule has 0 aliphatic carbocycles. The Morgan fingerprint density at radius 3 is 2.65 bits per heavy atom. The first-order chi connectivity index (χ1) is 8.13. The van der Waals surface area contributed by atoms with E-state index in [-0.39, 0.29) is 18.1 Å². The van der Waals surface area contributed by atoms with Crippen LogP contribution in [-0.4, -0.2) is 31.3 Å². The van der Waals surface area contributed by atoms with E-state index >= 15 is 0 Å². The molecule has 2 amide bonds. The van der Waals surface area contributed by atoms with Gasteiger partial charge in [-0.1, -0.05) is 6.08 Å². The number of urea groups is 1. The minimum atomic E-state index is -0.0849. The number of carbonyl (C=O) groups excluding carboxylic acids is 1. The first kappa shape index (κ1) is 14.0. The van der Waals surface area contributed by atoms with Crippen molar-refractivity contribution in [2.24, 2.45) is 5.92 Å². The van der Waals surface area contributed by atoms with Crippen LogP contribution in [0.1, 0.15) is 33.1 Å². The van der Waals surface area contributed by atoms with Gasteiger partial charge >= 0.3 is 6.03 Å². The third kappa shape index (κ3) is 5.22. The summed E-state index contributed by atoms with van der Waals surface area (Å²) in [6.45, 7) is 9.31. The molecular formula is C13H24N2O2. The topological polar surface area (TPSA) is 50.4 Å². The average molecular weight is 240 g/mol. The molecule has 1 heterocycles. The number of nitrogens with one attached hydrogen (secondary N) is 2. The van der Waals surface area contributed by atoms with Crippen LogP contribution in [0, 0.1) is 5.92 Å². The maximum absolute atomic E-state index is 11.7. The van der Waals surface area contributed by atoms with E-state index in [9.17, 15) is 4.79 Å². The van der Waals surface area contributed by atoms with Gasteiger partial charge in [-0.25, -0.2) is 4.79 Å². The zero-order chi connectivity index (χ0) is 12.7. The summed E-state index contributed by atoms with van der Waals surface area (Å²) in [5.41, 5.74) is 0. The fourth-order valence-corrected chi connectivity index (χ4v) is 2.11. The van der Waals surface area contributed by atoms with Crippen LogP contribution in [-0.2, 0) is 4.74 Å². The Morgan fingerprint density at radius 2 is 2.06 bits per heavy atom. The second-order valence-corrected chi connectivity index (χ2v) is 4.78. The van der Waals surface area contributed by atoms with E-state index < -0.39 is 0 Å². The highest BCUT2D eigenvalue weighted by Gasteiger charge is 2.21. The normalized spacial score (nSPS) is 20.4. The molecule has 4 heteroatoms. The Balaban J connectivity index is 2.26. The van der Waals surface area contributed by atoms with Crippen molar-refractivity contribution in [1.29, 1.82) is 0 Å². The van der Waals surface area contributed by atoms with Gasteiger partial charge in [0.15, 0.2) is 0 Å². The predicted molar refractivity (Wildman–Crippen MR) is 68.9 cm³/mol. The van der Waals surface area contributed by atoms with Crippen LogP contribution < -0.4 is 10.6 Å². The molecule has 0 radical (unpaired) electrons. The van der Waals surface area contributed by atoms with Gasteiger partial charge in [-0.2, -0.15) is 0 Å². The number of hydrogen-bond acceptors (Lipinski definition) is 2. The van der Waals surface area contributed by atoms with E-state index in [0.29, 0.717) is 5.92 Å². The van der Waals surface area contributed by atoms with Crippen molar-refractivity contribution < 1.29 is 9.53 Å². The Kier molecular flexibility index (Phi) is 6.05. The molecule has 4 nitrogen and oxygen atoms in total. The summed E-state index contributed by atoms with van der Waals surface area (Å²) in [5.74, 6) is 0.532. The van der Waals surface area contributed by atoms with Crippen LogP contribution in [0.2, 0.25) is 0 Å². The van der Waals surface area contributed by atoms with Crippen molar-refractivity contribution in [2.75, 3.05) is 13.2 Å². The minimum Gasteiger partial charge on any atom is -0.381 e. The smallest absolute Gasteiger partial charge is 0.315 e. The van der Waals surface area contributed by atoms with Crippen LogP contribution in [0.15, 0.2) is 12.7 Å². The van der Waals surface area contributed by atoms with Gasteiger partial charge in [-0.15, -0.1) is 6.58 Å². The lowest BCUT2D eigenvalue weighted by molar-refractivity contribution is 0.0570. The van der Waals surface area contributed by atoms with Crippen molar-refractivity contribution in [3.05, 3.63) is 12.7 Å². The molecule has 0 spiro atoms. The molecule has 0 saturated carbocycles.